The van der Waals surface area contributed by atoms with Gasteiger partial charge in [0.1, 0.15) is 0 Å². The van der Waals surface area contributed by atoms with Crippen LogP contribution in [0.1, 0.15) is 22.4 Å². The number of nitrogens with one attached hydrogen (secondary N) is 1. The summed E-state index contributed by atoms with van der Waals surface area (Å²) in [5.41, 5.74) is 1.37. The lowest BCUT2D eigenvalue weighted by atomic mass is 10.1. The van der Waals surface area contributed by atoms with Gasteiger partial charge in [-0.05, 0) is 31.3 Å². The van der Waals surface area contributed by atoms with Gasteiger partial charge in [-0.2, -0.15) is 4.98 Å². The maximum absolute atomic E-state index is 12.6. The molecule has 1 N–H and O–H groups in total. The van der Waals surface area contributed by atoms with Crippen molar-refractivity contribution in [2.24, 2.45) is 0 Å². The molecule has 3 heterocycles. The van der Waals surface area contributed by atoms with Gasteiger partial charge in [0, 0.05) is 26.7 Å². The molecule has 3 aromatic rings. The van der Waals surface area contributed by atoms with Crippen molar-refractivity contribution in [1.29, 1.82) is 0 Å². The van der Waals surface area contributed by atoms with Gasteiger partial charge in [-0.25, -0.2) is 0 Å². The number of furan rings is 1. The molecule has 0 bridgehead atoms. The van der Waals surface area contributed by atoms with E-state index in [1.165, 1.54) is 11.2 Å². The number of hydrogen-bond acceptors (Lipinski definition) is 7. The minimum Gasteiger partial charge on any atom is -0.459 e. The second kappa shape index (κ2) is 7.34. The monoisotopic (exact) mass is 367 g/mol. The fourth-order valence-electron chi connectivity index (χ4n) is 3.20. The van der Waals surface area contributed by atoms with E-state index in [4.69, 9.17) is 8.94 Å². The maximum Gasteiger partial charge on any atom is 0.293 e. The van der Waals surface area contributed by atoms with Crippen molar-refractivity contribution in [2.45, 2.75) is 6.04 Å². The summed E-state index contributed by atoms with van der Waals surface area (Å²) in [7, 11) is 3.74. The maximum atomic E-state index is 12.6. The van der Waals surface area contributed by atoms with Crippen molar-refractivity contribution in [3.05, 3.63) is 54.2 Å². The average Bonchev–Trinajstić information content (AvgIpc) is 3.39. The topological polar surface area (TPSA) is 87.6 Å². The van der Waals surface area contributed by atoms with Crippen LogP contribution >= 0.6 is 0 Å². The van der Waals surface area contributed by atoms with Crippen molar-refractivity contribution in [1.82, 2.24) is 20.4 Å². The van der Waals surface area contributed by atoms with Crippen LogP contribution in [0.2, 0.25) is 0 Å². The quantitative estimate of drug-likeness (QED) is 0.756. The Morgan fingerprint density at radius 2 is 2.15 bits per heavy atom. The van der Waals surface area contributed by atoms with Crippen LogP contribution in [0, 0.1) is 0 Å². The number of rotatable bonds is 4. The lowest BCUT2D eigenvalue weighted by Crippen LogP contribution is -2.44. The van der Waals surface area contributed by atoms with Gasteiger partial charge in [0.25, 0.3) is 11.8 Å². The standard InChI is InChI=1S/C19H21N5O3/c1-23-10-9-20-12-15(23)17-21-18(27-22-17)13-6-3-4-7-14(13)24(2)19(25)16-8-5-11-26-16/h3-8,11,15,20H,9-10,12H2,1-2H3. The van der Waals surface area contributed by atoms with Gasteiger partial charge in [-0.3, -0.25) is 9.69 Å². The number of benzene rings is 1. The predicted octanol–water partition coefficient (Wildman–Crippen LogP) is 2.18. The molecule has 1 saturated heterocycles. The first kappa shape index (κ1) is 17.4. The summed E-state index contributed by atoms with van der Waals surface area (Å²) in [4.78, 5) is 21.0. The van der Waals surface area contributed by atoms with Gasteiger partial charge in [0.2, 0.25) is 0 Å². The Kier molecular flexibility index (Phi) is 4.74. The average molecular weight is 367 g/mol. The molecule has 1 aliphatic rings. The Bertz CT molecular complexity index is 921. The molecule has 1 fully saturated rings. The number of piperazine rings is 1. The summed E-state index contributed by atoms with van der Waals surface area (Å²) >= 11 is 0. The van der Waals surface area contributed by atoms with E-state index in [-0.39, 0.29) is 17.7 Å². The summed E-state index contributed by atoms with van der Waals surface area (Å²) in [6.45, 7) is 2.64. The van der Waals surface area contributed by atoms with E-state index in [0.717, 1.165) is 19.6 Å². The summed E-state index contributed by atoms with van der Waals surface area (Å²) in [5.74, 6) is 1.05. The second-order valence-electron chi connectivity index (χ2n) is 6.52. The number of para-hydroxylation sites is 1. The molecule has 1 aromatic carbocycles. The largest absolute Gasteiger partial charge is 0.459 e. The highest BCUT2D eigenvalue weighted by atomic mass is 16.5. The van der Waals surface area contributed by atoms with Crippen LogP contribution < -0.4 is 10.2 Å². The van der Waals surface area contributed by atoms with Gasteiger partial charge in [0.15, 0.2) is 11.6 Å². The van der Waals surface area contributed by atoms with E-state index in [9.17, 15) is 4.79 Å². The number of carbonyl (C=O) groups is 1. The molecule has 0 aliphatic carbocycles. The highest BCUT2D eigenvalue weighted by Crippen LogP contribution is 2.31. The molecule has 2 aromatic heterocycles. The van der Waals surface area contributed by atoms with Crippen LogP contribution in [0.3, 0.4) is 0 Å². The number of amides is 1. The molecule has 1 atom stereocenters. The van der Waals surface area contributed by atoms with Gasteiger partial charge in [0.05, 0.1) is 23.6 Å². The third-order valence-corrected chi connectivity index (χ3v) is 4.78. The van der Waals surface area contributed by atoms with E-state index < -0.39 is 0 Å². The summed E-state index contributed by atoms with van der Waals surface area (Å²) in [6.07, 6.45) is 1.48. The molecule has 1 amide bonds. The molecular weight excluding hydrogens is 346 g/mol. The predicted molar refractivity (Wildman–Crippen MR) is 99.4 cm³/mol. The highest BCUT2D eigenvalue weighted by molar-refractivity contribution is 6.05. The molecule has 4 rings (SSSR count). The van der Waals surface area contributed by atoms with Crippen molar-refractivity contribution in [2.75, 3.05) is 38.6 Å². The Labute approximate surface area is 156 Å². The van der Waals surface area contributed by atoms with Crippen molar-refractivity contribution in [3.8, 4) is 11.5 Å². The molecule has 0 saturated carbocycles. The highest BCUT2D eigenvalue weighted by Gasteiger charge is 2.27. The molecule has 140 valence electrons. The SMILES string of the molecule is CN(C(=O)c1ccco1)c1ccccc1-c1nc(C2CNCCN2C)no1. The van der Waals surface area contributed by atoms with Crippen molar-refractivity contribution >= 4 is 11.6 Å². The number of hydrogen-bond donors (Lipinski definition) is 1. The lowest BCUT2D eigenvalue weighted by Gasteiger charge is -2.30. The molecule has 0 radical (unpaired) electrons. The van der Waals surface area contributed by atoms with Crippen molar-refractivity contribution < 1.29 is 13.7 Å². The number of likely N-dealkylation sites (N-methyl/N-ethyl adjacent to an activating group) is 1. The molecule has 27 heavy (non-hydrogen) atoms. The Balaban J connectivity index is 1.64. The van der Waals surface area contributed by atoms with Gasteiger partial charge in [-0.1, -0.05) is 17.3 Å². The lowest BCUT2D eigenvalue weighted by molar-refractivity contribution is 0.0966. The van der Waals surface area contributed by atoms with Crippen LogP contribution in [0.5, 0.6) is 0 Å². The van der Waals surface area contributed by atoms with Gasteiger partial charge < -0.3 is 19.2 Å². The van der Waals surface area contributed by atoms with Crippen LogP contribution in [-0.2, 0) is 0 Å². The van der Waals surface area contributed by atoms with E-state index in [0.29, 0.717) is 23.0 Å². The Morgan fingerprint density at radius 3 is 2.93 bits per heavy atom. The fraction of sp³-hybridized carbons (Fsp3) is 0.316. The van der Waals surface area contributed by atoms with E-state index in [1.807, 2.05) is 31.3 Å². The number of aromatic nitrogens is 2. The first-order valence-electron chi connectivity index (χ1n) is 8.80. The molecule has 0 spiro atoms. The smallest absolute Gasteiger partial charge is 0.293 e. The van der Waals surface area contributed by atoms with Crippen molar-refractivity contribution in [3.63, 3.8) is 0 Å². The molecule has 8 nitrogen and oxygen atoms in total. The normalized spacial score (nSPS) is 17.8. The zero-order valence-corrected chi connectivity index (χ0v) is 15.3. The van der Waals surface area contributed by atoms with Crippen LogP contribution in [0.25, 0.3) is 11.5 Å². The first-order chi connectivity index (χ1) is 13.1. The minimum atomic E-state index is -0.247. The first-order valence-corrected chi connectivity index (χ1v) is 8.80. The second-order valence-corrected chi connectivity index (χ2v) is 6.52. The summed E-state index contributed by atoms with van der Waals surface area (Å²) in [5, 5.41) is 7.52. The van der Waals surface area contributed by atoms with Gasteiger partial charge >= 0.3 is 0 Å². The molecule has 8 heteroatoms. The molecular formula is C19H21N5O3. The molecule has 1 unspecified atom stereocenters. The summed E-state index contributed by atoms with van der Waals surface area (Å²) < 4.78 is 10.8. The molecule has 1 aliphatic heterocycles. The minimum absolute atomic E-state index is 0.0610. The Hall–Kier alpha value is -2.97. The number of nitrogens with zero attached hydrogens (tertiary/aromatic N) is 4. The van der Waals surface area contributed by atoms with E-state index >= 15 is 0 Å². The van der Waals surface area contributed by atoms with Crippen LogP contribution in [0.4, 0.5) is 5.69 Å². The third kappa shape index (κ3) is 3.36. The van der Waals surface area contributed by atoms with E-state index in [2.05, 4.69) is 20.4 Å². The zero-order chi connectivity index (χ0) is 18.8. The summed E-state index contributed by atoms with van der Waals surface area (Å²) in [6, 6.07) is 10.8. The zero-order valence-electron chi connectivity index (χ0n) is 15.3. The van der Waals surface area contributed by atoms with Crippen LogP contribution in [-0.4, -0.2) is 54.7 Å². The number of carbonyl (C=O) groups excluding carboxylic acids is 1. The Morgan fingerprint density at radius 1 is 1.30 bits per heavy atom. The third-order valence-electron chi connectivity index (χ3n) is 4.78. The fourth-order valence-corrected chi connectivity index (χ4v) is 3.20. The van der Waals surface area contributed by atoms with E-state index in [1.54, 1.807) is 19.2 Å². The van der Waals surface area contributed by atoms with Crippen LogP contribution in [0.15, 0.2) is 51.6 Å². The van der Waals surface area contributed by atoms with Gasteiger partial charge in [-0.15, -0.1) is 0 Å². The number of anilines is 1.